The molecule has 4 heteroatoms. The summed E-state index contributed by atoms with van der Waals surface area (Å²) in [4.78, 5) is 19.3. The number of fused-ring (bicyclic) bond motifs is 1. The average molecular weight is 279 g/mol. The van der Waals surface area contributed by atoms with Gasteiger partial charge in [-0.3, -0.25) is 9.78 Å². The summed E-state index contributed by atoms with van der Waals surface area (Å²) in [5.41, 5.74) is 4.70. The molecule has 2 heterocycles. The first-order valence-corrected chi connectivity index (χ1v) is 7.32. The van der Waals surface area contributed by atoms with Crippen molar-refractivity contribution in [2.45, 2.75) is 39.0 Å². The van der Waals surface area contributed by atoms with Gasteiger partial charge in [0, 0.05) is 23.1 Å². The molecule has 0 aliphatic heterocycles. The van der Waals surface area contributed by atoms with Crippen LogP contribution in [0.2, 0.25) is 0 Å². The maximum Gasteiger partial charge on any atom is 0.266 e. The van der Waals surface area contributed by atoms with E-state index in [0.29, 0.717) is 0 Å². The molecular formula is C17H17N3O. The van der Waals surface area contributed by atoms with Crippen LogP contribution in [-0.2, 0) is 12.8 Å². The van der Waals surface area contributed by atoms with Crippen molar-refractivity contribution in [3.05, 3.63) is 51.2 Å². The molecule has 2 aromatic rings. The first kappa shape index (κ1) is 13.6. The van der Waals surface area contributed by atoms with E-state index < -0.39 is 0 Å². The highest BCUT2D eigenvalue weighted by molar-refractivity contribution is 5.74. The lowest BCUT2D eigenvalue weighted by Crippen LogP contribution is -2.17. The van der Waals surface area contributed by atoms with E-state index in [-0.39, 0.29) is 11.1 Å². The van der Waals surface area contributed by atoms with E-state index in [0.717, 1.165) is 60.2 Å². The van der Waals surface area contributed by atoms with Crippen molar-refractivity contribution in [3.63, 3.8) is 0 Å². The first-order valence-electron chi connectivity index (χ1n) is 7.32. The molecule has 4 nitrogen and oxygen atoms in total. The van der Waals surface area contributed by atoms with E-state index in [9.17, 15) is 10.1 Å². The molecule has 1 aliphatic carbocycles. The van der Waals surface area contributed by atoms with Crippen LogP contribution in [0.5, 0.6) is 0 Å². The van der Waals surface area contributed by atoms with Gasteiger partial charge in [-0.25, -0.2) is 0 Å². The van der Waals surface area contributed by atoms with Gasteiger partial charge >= 0.3 is 0 Å². The summed E-state index contributed by atoms with van der Waals surface area (Å²) in [6.45, 7) is 1.92. The summed E-state index contributed by atoms with van der Waals surface area (Å²) in [6.07, 6.45) is 6.87. The zero-order chi connectivity index (χ0) is 14.8. The van der Waals surface area contributed by atoms with Crippen molar-refractivity contribution in [1.29, 1.82) is 5.26 Å². The molecule has 1 N–H and O–H groups in total. The maximum absolute atomic E-state index is 12.2. The fourth-order valence-corrected chi connectivity index (χ4v) is 3.09. The van der Waals surface area contributed by atoms with E-state index in [1.807, 2.05) is 19.1 Å². The molecule has 1 aliphatic rings. The fraction of sp³-hybridized carbons (Fsp3) is 0.353. The van der Waals surface area contributed by atoms with E-state index in [1.165, 1.54) is 0 Å². The second-order valence-electron chi connectivity index (χ2n) is 5.52. The summed E-state index contributed by atoms with van der Waals surface area (Å²) < 4.78 is 0. The van der Waals surface area contributed by atoms with Crippen LogP contribution in [0.4, 0.5) is 0 Å². The van der Waals surface area contributed by atoms with Crippen molar-refractivity contribution in [3.8, 4) is 17.2 Å². The van der Waals surface area contributed by atoms with Crippen LogP contribution < -0.4 is 5.56 Å². The highest BCUT2D eigenvalue weighted by atomic mass is 16.1. The summed E-state index contributed by atoms with van der Waals surface area (Å²) in [5, 5.41) is 9.42. The highest BCUT2D eigenvalue weighted by Crippen LogP contribution is 2.31. The fourth-order valence-electron chi connectivity index (χ4n) is 3.09. The van der Waals surface area contributed by atoms with Crippen LogP contribution in [0, 0.1) is 18.3 Å². The number of aryl methyl sites for hydroxylation is 2. The monoisotopic (exact) mass is 279 g/mol. The van der Waals surface area contributed by atoms with Crippen LogP contribution in [0.25, 0.3) is 11.1 Å². The van der Waals surface area contributed by atoms with Crippen molar-refractivity contribution >= 4 is 0 Å². The third kappa shape index (κ3) is 2.47. The van der Waals surface area contributed by atoms with Gasteiger partial charge in [0.15, 0.2) is 0 Å². The van der Waals surface area contributed by atoms with E-state index in [1.54, 1.807) is 6.20 Å². The van der Waals surface area contributed by atoms with Gasteiger partial charge in [0.2, 0.25) is 0 Å². The Balaban J connectivity index is 2.34. The number of nitrogens with zero attached hydrogens (tertiary/aromatic N) is 2. The third-order valence-corrected chi connectivity index (χ3v) is 4.06. The van der Waals surface area contributed by atoms with Gasteiger partial charge < -0.3 is 4.98 Å². The minimum Gasteiger partial charge on any atom is -0.325 e. The maximum atomic E-state index is 12.2. The summed E-state index contributed by atoms with van der Waals surface area (Å²) in [7, 11) is 0. The summed E-state index contributed by atoms with van der Waals surface area (Å²) >= 11 is 0. The van der Waals surface area contributed by atoms with E-state index in [4.69, 9.17) is 0 Å². The molecular weight excluding hydrogens is 262 g/mol. The van der Waals surface area contributed by atoms with Gasteiger partial charge in [0.1, 0.15) is 11.6 Å². The molecule has 0 saturated heterocycles. The highest BCUT2D eigenvalue weighted by Gasteiger charge is 2.20. The standard InChI is InChI=1S/C17H17N3O/c1-11-9-12(7-8-19-11)16-13-5-3-2-4-6-15(13)20-17(21)14(16)10-18/h7-9H,2-6H2,1H3,(H,20,21). The lowest BCUT2D eigenvalue weighted by Gasteiger charge is -2.14. The number of nitrogens with one attached hydrogen (secondary N) is 1. The molecule has 0 aromatic carbocycles. The number of hydrogen-bond donors (Lipinski definition) is 1. The molecule has 0 fully saturated rings. The Morgan fingerprint density at radius 3 is 2.86 bits per heavy atom. The molecule has 0 amide bonds. The van der Waals surface area contributed by atoms with Gasteiger partial charge in [0.05, 0.1) is 0 Å². The van der Waals surface area contributed by atoms with Crippen molar-refractivity contribution < 1.29 is 0 Å². The number of pyridine rings is 2. The van der Waals surface area contributed by atoms with Gasteiger partial charge in [-0.2, -0.15) is 5.26 Å². The number of aromatic nitrogens is 2. The quantitative estimate of drug-likeness (QED) is 0.816. The Kier molecular flexibility index (Phi) is 3.57. The molecule has 106 valence electrons. The lowest BCUT2D eigenvalue weighted by atomic mass is 9.92. The van der Waals surface area contributed by atoms with Crippen molar-refractivity contribution in [1.82, 2.24) is 9.97 Å². The molecule has 2 aromatic heterocycles. The average Bonchev–Trinajstić information content (AvgIpc) is 2.70. The van der Waals surface area contributed by atoms with Crippen LogP contribution in [0.1, 0.15) is 41.8 Å². The van der Waals surface area contributed by atoms with E-state index >= 15 is 0 Å². The van der Waals surface area contributed by atoms with E-state index in [2.05, 4.69) is 16.0 Å². The van der Waals surface area contributed by atoms with Crippen LogP contribution in [0.15, 0.2) is 23.1 Å². The second-order valence-corrected chi connectivity index (χ2v) is 5.52. The summed E-state index contributed by atoms with van der Waals surface area (Å²) in [6, 6.07) is 5.92. The minimum absolute atomic E-state index is 0.223. The summed E-state index contributed by atoms with van der Waals surface area (Å²) in [5.74, 6) is 0. The van der Waals surface area contributed by atoms with Crippen LogP contribution in [0.3, 0.4) is 0 Å². The largest absolute Gasteiger partial charge is 0.325 e. The number of rotatable bonds is 1. The molecule has 0 saturated carbocycles. The normalized spacial score (nSPS) is 14.1. The first-order chi connectivity index (χ1) is 10.2. The SMILES string of the molecule is Cc1cc(-c2c3c([nH]c(=O)c2C#N)CCCCC3)ccn1. The molecule has 3 rings (SSSR count). The Morgan fingerprint density at radius 1 is 1.29 bits per heavy atom. The van der Waals surface area contributed by atoms with Gasteiger partial charge in [-0.15, -0.1) is 0 Å². The zero-order valence-electron chi connectivity index (χ0n) is 12.1. The number of nitriles is 1. The molecule has 0 atom stereocenters. The Hall–Kier alpha value is -2.41. The topological polar surface area (TPSA) is 69.5 Å². The second kappa shape index (κ2) is 5.53. The van der Waals surface area contributed by atoms with Crippen molar-refractivity contribution in [2.24, 2.45) is 0 Å². The number of aromatic amines is 1. The number of H-pyrrole nitrogens is 1. The molecule has 0 radical (unpaired) electrons. The predicted molar refractivity (Wildman–Crippen MR) is 81.0 cm³/mol. The van der Waals surface area contributed by atoms with Crippen LogP contribution in [-0.4, -0.2) is 9.97 Å². The zero-order valence-corrected chi connectivity index (χ0v) is 12.1. The Bertz CT molecular complexity index is 784. The van der Waals surface area contributed by atoms with Gasteiger partial charge in [0.25, 0.3) is 5.56 Å². The smallest absolute Gasteiger partial charge is 0.266 e. The van der Waals surface area contributed by atoms with Gasteiger partial charge in [-0.05, 0) is 55.9 Å². The molecule has 0 unspecified atom stereocenters. The van der Waals surface area contributed by atoms with Crippen molar-refractivity contribution in [2.75, 3.05) is 0 Å². The van der Waals surface area contributed by atoms with Crippen LogP contribution >= 0.6 is 0 Å². The molecule has 21 heavy (non-hydrogen) atoms. The minimum atomic E-state index is -0.275. The Morgan fingerprint density at radius 2 is 2.10 bits per heavy atom. The Labute approximate surface area is 123 Å². The predicted octanol–water partition coefficient (Wildman–Crippen LogP) is 2.89. The molecule has 0 spiro atoms. The molecule has 0 bridgehead atoms. The number of hydrogen-bond acceptors (Lipinski definition) is 3. The van der Waals surface area contributed by atoms with Gasteiger partial charge in [-0.1, -0.05) is 6.42 Å². The lowest BCUT2D eigenvalue weighted by molar-refractivity contribution is 0.708. The third-order valence-electron chi connectivity index (χ3n) is 4.06.